The molecule has 2 amide bonds. The van der Waals surface area contributed by atoms with Crippen molar-refractivity contribution in [3.05, 3.63) is 95.1 Å². The maximum absolute atomic E-state index is 13.2. The minimum Gasteiger partial charge on any atom is -0.481 e. The molecule has 6 N–H and O–H groups in total. The number of carbonyl (C=O) groups is 4. The summed E-state index contributed by atoms with van der Waals surface area (Å²) in [7, 11) is 0. The second kappa shape index (κ2) is 17.7. The number of carboxylic acid groups (broad SMARTS) is 2. The Morgan fingerprint density at radius 2 is 1.45 bits per heavy atom. The first kappa shape index (κ1) is 35.8. The van der Waals surface area contributed by atoms with Crippen LogP contribution < -0.4 is 21.3 Å². The fraction of sp³-hybridized carbons (Fsp3) is 0.314. The zero-order chi connectivity index (χ0) is 34.3. The fourth-order valence-electron chi connectivity index (χ4n) is 4.67. The van der Waals surface area contributed by atoms with E-state index in [2.05, 4.69) is 26.3 Å². The van der Waals surface area contributed by atoms with Gasteiger partial charge in [-0.05, 0) is 66.6 Å². The molecule has 0 aliphatic rings. The molecule has 47 heavy (non-hydrogen) atoms. The molecule has 0 saturated heterocycles. The van der Waals surface area contributed by atoms with E-state index in [-0.39, 0.29) is 31.1 Å². The number of anilines is 1. The van der Waals surface area contributed by atoms with Crippen molar-refractivity contribution in [2.24, 2.45) is 10.9 Å². The first-order valence-corrected chi connectivity index (χ1v) is 15.2. The summed E-state index contributed by atoms with van der Waals surface area (Å²) >= 11 is 0. The molecule has 0 aromatic heterocycles. The van der Waals surface area contributed by atoms with Crippen LogP contribution in [0.3, 0.4) is 0 Å². The standard InChI is InChI=1S/C35H40N6O6/c1-22(2)18-29(33(45)41-30(34(46)47)19-25-8-6-24(7-9-25)12-17-32(43)44)40-31(42)20-26-10-15-28(16-11-26)39-35(37-21-36)38-27-13-4-23(3)5-14-27/h4-11,13-16,22,29-30H,12,17-20H2,1-3H3,(H,40,42)(H,41,45)(H,43,44)(H,46,47)(H2,37,38,39). The Morgan fingerprint density at radius 1 is 0.830 bits per heavy atom. The summed E-state index contributed by atoms with van der Waals surface area (Å²) in [5.41, 5.74) is 4.53. The van der Waals surface area contributed by atoms with Crippen LogP contribution in [0, 0.1) is 24.3 Å². The van der Waals surface area contributed by atoms with E-state index in [1.807, 2.05) is 51.2 Å². The van der Waals surface area contributed by atoms with Crippen LogP contribution in [0.1, 0.15) is 48.9 Å². The molecule has 3 aromatic rings. The van der Waals surface area contributed by atoms with Crippen molar-refractivity contribution in [1.82, 2.24) is 16.0 Å². The van der Waals surface area contributed by atoms with Crippen LogP contribution in [0.2, 0.25) is 0 Å². The lowest BCUT2D eigenvalue weighted by atomic mass is 10.00. The van der Waals surface area contributed by atoms with Crippen LogP contribution in [0.25, 0.3) is 0 Å². The van der Waals surface area contributed by atoms with Crippen molar-refractivity contribution in [1.29, 1.82) is 5.26 Å². The Kier molecular flexibility index (Phi) is 13.5. The van der Waals surface area contributed by atoms with Gasteiger partial charge in [0.2, 0.25) is 17.8 Å². The van der Waals surface area contributed by atoms with Crippen molar-refractivity contribution < 1.29 is 29.4 Å². The summed E-state index contributed by atoms with van der Waals surface area (Å²) in [4.78, 5) is 53.5. The number of amides is 2. The van der Waals surface area contributed by atoms with E-state index in [1.54, 1.807) is 48.5 Å². The number of rotatable bonds is 15. The minimum atomic E-state index is -1.23. The van der Waals surface area contributed by atoms with Crippen LogP contribution >= 0.6 is 0 Å². The Bertz CT molecular complexity index is 1600. The molecule has 3 rings (SSSR count). The monoisotopic (exact) mass is 640 g/mol. The van der Waals surface area contributed by atoms with E-state index in [4.69, 9.17) is 10.4 Å². The molecule has 2 atom stereocenters. The second-order valence-corrected chi connectivity index (χ2v) is 11.6. The predicted molar refractivity (Wildman–Crippen MR) is 178 cm³/mol. The average Bonchev–Trinajstić information content (AvgIpc) is 3.02. The quantitative estimate of drug-likeness (QED) is 0.0615. The molecule has 0 aliphatic carbocycles. The molecule has 12 heteroatoms. The number of aliphatic carboxylic acids is 2. The molecule has 0 heterocycles. The largest absolute Gasteiger partial charge is 0.481 e. The van der Waals surface area contributed by atoms with Crippen molar-refractivity contribution in [2.75, 3.05) is 5.32 Å². The number of nitriles is 1. The molecular weight excluding hydrogens is 600 g/mol. The van der Waals surface area contributed by atoms with Crippen molar-refractivity contribution in [3.63, 3.8) is 0 Å². The van der Waals surface area contributed by atoms with Gasteiger partial charge in [0.1, 0.15) is 12.1 Å². The van der Waals surface area contributed by atoms with E-state index in [0.717, 1.165) is 11.1 Å². The molecule has 0 spiro atoms. The zero-order valence-electron chi connectivity index (χ0n) is 26.6. The molecule has 0 aliphatic heterocycles. The first-order chi connectivity index (χ1) is 22.4. The molecule has 246 valence electrons. The van der Waals surface area contributed by atoms with E-state index in [9.17, 15) is 24.3 Å². The van der Waals surface area contributed by atoms with Crippen molar-refractivity contribution >= 4 is 41.1 Å². The predicted octanol–water partition coefficient (Wildman–Crippen LogP) is 4.07. The smallest absolute Gasteiger partial charge is 0.326 e. The second-order valence-electron chi connectivity index (χ2n) is 11.6. The number of carboxylic acids is 2. The van der Waals surface area contributed by atoms with Gasteiger partial charge in [-0.15, -0.1) is 0 Å². The Hall–Kier alpha value is -5.70. The highest BCUT2D eigenvalue weighted by Crippen LogP contribution is 2.15. The number of hydrogen-bond acceptors (Lipinski definition) is 6. The van der Waals surface area contributed by atoms with Gasteiger partial charge in [-0.25, -0.2) is 9.79 Å². The zero-order valence-corrected chi connectivity index (χ0v) is 26.6. The summed E-state index contributed by atoms with van der Waals surface area (Å²) in [5.74, 6) is -2.84. The molecule has 12 nitrogen and oxygen atoms in total. The van der Waals surface area contributed by atoms with Gasteiger partial charge in [0, 0.05) is 18.5 Å². The molecule has 0 saturated carbocycles. The van der Waals surface area contributed by atoms with Crippen molar-refractivity contribution in [3.8, 4) is 6.19 Å². The Morgan fingerprint density at radius 3 is 2.02 bits per heavy atom. The maximum atomic E-state index is 13.2. The molecule has 0 radical (unpaired) electrons. The summed E-state index contributed by atoms with van der Waals surface area (Å²) in [6.45, 7) is 5.76. The lowest BCUT2D eigenvalue weighted by Gasteiger charge is -2.23. The third-order valence-corrected chi connectivity index (χ3v) is 7.09. The minimum absolute atomic E-state index is 0.00910. The van der Waals surface area contributed by atoms with Gasteiger partial charge in [0.05, 0.1) is 12.1 Å². The SMILES string of the molecule is Cc1ccc(N=C(NC#N)Nc2ccc(CC(=O)NC(CC(C)C)C(=O)NC(Cc3ccc(CCC(=O)O)cc3)C(=O)O)cc2)cc1. The number of carbonyl (C=O) groups excluding carboxylic acids is 2. The molecule has 0 fully saturated rings. The third kappa shape index (κ3) is 12.7. The van der Waals surface area contributed by atoms with Gasteiger partial charge in [0.25, 0.3) is 0 Å². The van der Waals surface area contributed by atoms with Gasteiger partial charge in [0.15, 0.2) is 6.19 Å². The highest BCUT2D eigenvalue weighted by Gasteiger charge is 2.27. The number of aliphatic imine (C=N–C) groups is 1. The van der Waals surface area contributed by atoms with E-state index < -0.39 is 35.8 Å². The molecular formula is C35H40N6O6. The van der Waals surface area contributed by atoms with Gasteiger partial charge >= 0.3 is 11.9 Å². The van der Waals surface area contributed by atoms with Crippen LogP contribution in [-0.4, -0.2) is 52.0 Å². The highest BCUT2D eigenvalue weighted by atomic mass is 16.4. The van der Waals surface area contributed by atoms with Crippen LogP contribution in [-0.2, 0) is 38.4 Å². The molecule has 2 unspecified atom stereocenters. The normalized spacial score (nSPS) is 12.4. The fourth-order valence-corrected chi connectivity index (χ4v) is 4.67. The maximum Gasteiger partial charge on any atom is 0.326 e. The highest BCUT2D eigenvalue weighted by molar-refractivity contribution is 5.96. The van der Waals surface area contributed by atoms with E-state index in [1.165, 1.54) is 0 Å². The van der Waals surface area contributed by atoms with Gasteiger partial charge in [-0.1, -0.05) is 67.9 Å². The number of nitrogens with zero attached hydrogens (tertiary/aromatic N) is 2. The van der Waals surface area contributed by atoms with E-state index >= 15 is 0 Å². The number of benzene rings is 3. The van der Waals surface area contributed by atoms with E-state index in [0.29, 0.717) is 35.3 Å². The summed E-state index contributed by atoms with van der Waals surface area (Å²) in [5, 5.41) is 38.7. The summed E-state index contributed by atoms with van der Waals surface area (Å²) in [6.07, 6.45) is 2.52. The number of hydrogen-bond donors (Lipinski definition) is 6. The first-order valence-electron chi connectivity index (χ1n) is 15.2. The third-order valence-electron chi connectivity index (χ3n) is 7.09. The number of aryl methyl sites for hydroxylation is 2. The Labute approximate surface area is 273 Å². The molecule has 0 bridgehead atoms. The number of guanidine groups is 1. The summed E-state index contributed by atoms with van der Waals surface area (Å²) < 4.78 is 0. The summed E-state index contributed by atoms with van der Waals surface area (Å²) in [6, 6.07) is 19.2. The number of nitrogens with one attached hydrogen (secondary N) is 4. The van der Waals surface area contributed by atoms with Crippen LogP contribution in [0.5, 0.6) is 0 Å². The van der Waals surface area contributed by atoms with Crippen LogP contribution in [0.4, 0.5) is 11.4 Å². The van der Waals surface area contributed by atoms with Crippen molar-refractivity contribution in [2.45, 2.75) is 65.0 Å². The topological polar surface area (TPSA) is 193 Å². The van der Waals surface area contributed by atoms with Crippen LogP contribution in [0.15, 0.2) is 77.8 Å². The van der Waals surface area contributed by atoms with Gasteiger partial charge < -0.3 is 26.2 Å². The van der Waals surface area contributed by atoms with Gasteiger partial charge in [-0.2, -0.15) is 5.26 Å². The lowest BCUT2D eigenvalue weighted by Crippen LogP contribution is -2.52. The molecule has 3 aromatic carbocycles. The van der Waals surface area contributed by atoms with Gasteiger partial charge in [-0.3, -0.25) is 19.7 Å². The average molecular weight is 641 g/mol. The lowest BCUT2D eigenvalue weighted by molar-refractivity contribution is -0.142. The Balaban J connectivity index is 1.61.